The highest BCUT2D eigenvalue weighted by Crippen LogP contribution is 2.13. The van der Waals surface area contributed by atoms with Crippen LogP contribution in [0.5, 0.6) is 0 Å². The summed E-state index contributed by atoms with van der Waals surface area (Å²) in [4.78, 5) is 10.6. The largest absolute Gasteiger partial charge is 0.461 e. The summed E-state index contributed by atoms with van der Waals surface area (Å²) in [6, 6.07) is 0. The fraction of sp³-hybridized carbons (Fsp3) is 0.625. The SMILES string of the molecule is CCC=C1CCC(=O)OC1. The van der Waals surface area contributed by atoms with E-state index in [1.165, 1.54) is 5.57 Å². The van der Waals surface area contributed by atoms with Crippen molar-refractivity contribution < 1.29 is 9.53 Å². The van der Waals surface area contributed by atoms with Gasteiger partial charge in [-0.05, 0) is 18.4 Å². The van der Waals surface area contributed by atoms with E-state index in [0.29, 0.717) is 13.0 Å². The van der Waals surface area contributed by atoms with Gasteiger partial charge in [-0.1, -0.05) is 13.0 Å². The van der Waals surface area contributed by atoms with E-state index >= 15 is 0 Å². The van der Waals surface area contributed by atoms with Crippen LogP contribution in [-0.4, -0.2) is 12.6 Å². The van der Waals surface area contributed by atoms with E-state index in [4.69, 9.17) is 4.74 Å². The van der Waals surface area contributed by atoms with E-state index in [-0.39, 0.29) is 5.97 Å². The van der Waals surface area contributed by atoms with Crippen molar-refractivity contribution in [1.29, 1.82) is 0 Å². The molecule has 56 valence electrons. The minimum Gasteiger partial charge on any atom is -0.461 e. The van der Waals surface area contributed by atoms with Crippen molar-refractivity contribution in [3.63, 3.8) is 0 Å². The predicted molar refractivity (Wildman–Crippen MR) is 38.6 cm³/mol. The third-order valence-electron chi connectivity index (χ3n) is 1.56. The second kappa shape index (κ2) is 3.40. The van der Waals surface area contributed by atoms with Crippen LogP contribution in [0.15, 0.2) is 11.6 Å². The highest BCUT2D eigenvalue weighted by Gasteiger charge is 2.11. The summed E-state index contributed by atoms with van der Waals surface area (Å²) in [5.41, 5.74) is 1.27. The number of cyclic esters (lactones) is 1. The summed E-state index contributed by atoms with van der Waals surface area (Å²) >= 11 is 0. The molecule has 0 saturated carbocycles. The lowest BCUT2D eigenvalue weighted by Crippen LogP contribution is -2.14. The second-order valence-electron chi connectivity index (χ2n) is 2.43. The first-order valence-corrected chi connectivity index (χ1v) is 3.66. The molecule has 0 spiro atoms. The quantitative estimate of drug-likeness (QED) is 0.409. The first-order valence-electron chi connectivity index (χ1n) is 3.66. The van der Waals surface area contributed by atoms with Crippen molar-refractivity contribution in [2.24, 2.45) is 0 Å². The van der Waals surface area contributed by atoms with Gasteiger partial charge in [-0.25, -0.2) is 0 Å². The van der Waals surface area contributed by atoms with Gasteiger partial charge in [-0.15, -0.1) is 0 Å². The number of carbonyl (C=O) groups excluding carboxylic acids is 1. The van der Waals surface area contributed by atoms with Gasteiger partial charge >= 0.3 is 5.97 Å². The maximum atomic E-state index is 10.6. The third-order valence-corrected chi connectivity index (χ3v) is 1.56. The zero-order valence-corrected chi connectivity index (χ0v) is 6.22. The van der Waals surface area contributed by atoms with Crippen LogP contribution < -0.4 is 0 Å². The molecule has 1 fully saturated rings. The van der Waals surface area contributed by atoms with Crippen LogP contribution in [-0.2, 0) is 9.53 Å². The summed E-state index contributed by atoms with van der Waals surface area (Å²) in [7, 11) is 0. The molecule has 10 heavy (non-hydrogen) atoms. The molecule has 0 N–H and O–H groups in total. The van der Waals surface area contributed by atoms with Crippen molar-refractivity contribution >= 4 is 5.97 Å². The van der Waals surface area contributed by atoms with Crippen LogP contribution >= 0.6 is 0 Å². The Morgan fingerprint density at radius 1 is 1.60 bits per heavy atom. The van der Waals surface area contributed by atoms with Crippen molar-refractivity contribution in [2.45, 2.75) is 26.2 Å². The Balaban J connectivity index is 2.39. The molecule has 0 unspecified atom stereocenters. The highest BCUT2D eigenvalue weighted by atomic mass is 16.5. The van der Waals surface area contributed by atoms with Crippen LogP contribution in [0.4, 0.5) is 0 Å². The molecule has 0 aliphatic carbocycles. The zero-order valence-electron chi connectivity index (χ0n) is 6.22. The van der Waals surface area contributed by atoms with Gasteiger partial charge in [0.15, 0.2) is 0 Å². The molecule has 1 aliphatic rings. The van der Waals surface area contributed by atoms with Gasteiger partial charge < -0.3 is 4.74 Å². The summed E-state index contributed by atoms with van der Waals surface area (Å²) in [6.45, 7) is 2.61. The van der Waals surface area contributed by atoms with Gasteiger partial charge in [0.05, 0.1) is 0 Å². The van der Waals surface area contributed by atoms with Crippen LogP contribution in [0.3, 0.4) is 0 Å². The molecule has 0 radical (unpaired) electrons. The number of hydrogen-bond acceptors (Lipinski definition) is 2. The number of allylic oxidation sites excluding steroid dienone is 1. The Morgan fingerprint density at radius 3 is 2.90 bits per heavy atom. The molecular formula is C8H12O2. The molecule has 1 heterocycles. The second-order valence-corrected chi connectivity index (χ2v) is 2.43. The standard InChI is InChI=1S/C8H12O2/c1-2-3-7-4-5-8(9)10-6-7/h3H,2,4-6H2,1H3. The normalized spacial score (nSPS) is 22.9. The maximum absolute atomic E-state index is 10.6. The van der Waals surface area contributed by atoms with E-state index in [1.54, 1.807) is 0 Å². The molecule has 1 saturated heterocycles. The molecule has 0 aromatic heterocycles. The first-order chi connectivity index (χ1) is 4.83. The molecule has 0 amide bonds. The molecule has 1 rings (SSSR count). The first kappa shape index (κ1) is 7.32. The topological polar surface area (TPSA) is 26.3 Å². The van der Waals surface area contributed by atoms with Crippen molar-refractivity contribution in [3.05, 3.63) is 11.6 Å². The lowest BCUT2D eigenvalue weighted by atomic mass is 10.1. The predicted octanol–water partition coefficient (Wildman–Crippen LogP) is 1.66. The summed E-state index contributed by atoms with van der Waals surface area (Å²) in [5.74, 6) is -0.0618. The van der Waals surface area contributed by atoms with Crippen LogP contribution in [0.25, 0.3) is 0 Å². The molecular weight excluding hydrogens is 128 g/mol. The van der Waals surface area contributed by atoms with Gasteiger partial charge in [0, 0.05) is 6.42 Å². The van der Waals surface area contributed by atoms with Crippen molar-refractivity contribution in [1.82, 2.24) is 0 Å². The Hall–Kier alpha value is -0.790. The number of hydrogen-bond donors (Lipinski definition) is 0. The third kappa shape index (κ3) is 1.87. The molecule has 0 atom stereocenters. The Morgan fingerprint density at radius 2 is 2.40 bits per heavy atom. The monoisotopic (exact) mass is 140 g/mol. The molecule has 0 aromatic rings. The van der Waals surface area contributed by atoms with Gasteiger partial charge in [0.25, 0.3) is 0 Å². The Bertz CT molecular complexity index is 147. The average molecular weight is 140 g/mol. The number of carbonyl (C=O) groups is 1. The summed E-state index contributed by atoms with van der Waals surface area (Å²) in [6.07, 6.45) is 4.62. The fourth-order valence-corrected chi connectivity index (χ4v) is 1.03. The smallest absolute Gasteiger partial charge is 0.306 e. The minimum absolute atomic E-state index is 0.0618. The van der Waals surface area contributed by atoms with Gasteiger partial charge in [-0.3, -0.25) is 4.79 Å². The zero-order chi connectivity index (χ0) is 7.40. The molecule has 1 aliphatic heterocycles. The number of esters is 1. The lowest BCUT2D eigenvalue weighted by Gasteiger charge is -2.13. The van der Waals surface area contributed by atoms with E-state index in [0.717, 1.165) is 12.8 Å². The Kier molecular flexibility index (Phi) is 2.49. The maximum Gasteiger partial charge on any atom is 0.306 e. The summed E-state index contributed by atoms with van der Waals surface area (Å²) < 4.78 is 4.84. The van der Waals surface area contributed by atoms with Crippen LogP contribution in [0, 0.1) is 0 Å². The van der Waals surface area contributed by atoms with Gasteiger partial charge in [-0.2, -0.15) is 0 Å². The van der Waals surface area contributed by atoms with Crippen molar-refractivity contribution in [3.8, 4) is 0 Å². The fourth-order valence-electron chi connectivity index (χ4n) is 1.03. The molecule has 2 nitrogen and oxygen atoms in total. The minimum atomic E-state index is -0.0618. The summed E-state index contributed by atoms with van der Waals surface area (Å²) in [5, 5.41) is 0. The van der Waals surface area contributed by atoms with E-state index in [1.807, 2.05) is 0 Å². The van der Waals surface area contributed by atoms with E-state index < -0.39 is 0 Å². The van der Waals surface area contributed by atoms with Gasteiger partial charge in [0.1, 0.15) is 6.61 Å². The molecule has 0 aromatic carbocycles. The molecule has 2 heteroatoms. The lowest BCUT2D eigenvalue weighted by molar-refractivity contribution is -0.144. The van der Waals surface area contributed by atoms with Crippen LogP contribution in [0.1, 0.15) is 26.2 Å². The number of ether oxygens (including phenoxy) is 1. The van der Waals surface area contributed by atoms with Crippen molar-refractivity contribution in [2.75, 3.05) is 6.61 Å². The van der Waals surface area contributed by atoms with E-state index in [9.17, 15) is 4.79 Å². The average Bonchev–Trinajstić information content (AvgIpc) is 1.95. The molecule has 0 bridgehead atoms. The van der Waals surface area contributed by atoms with Crippen LogP contribution in [0.2, 0.25) is 0 Å². The highest BCUT2D eigenvalue weighted by molar-refractivity contribution is 5.71. The Labute approximate surface area is 60.9 Å². The number of rotatable bonds is 1. The van der Waals surface area contributed by atoms with Gasteiger partial charge in [0.2, 0.25) is 0 Å². The van der Waals surface area contributed by atoms with E-state index in [2.05, 4.69) is 13.0 Å².